The monoisotopic (exact) mass is 380 g/mol. The van der Waals surface area contributed by atoms with E-state index in [0.717, 1.165) is 38.2 Å². The van der Waals surface area contributed by atoms with Crippen LogP contribution in [0.15, 0.2) is 18.2 Å². The first kappa shape index (κ1) is 18.6. The summed E-state index contributed by atoms with van der Waals surface area (Å²) in [6.45, 7) is 0.366. The zero-order valence-corrected chi connectivity index (χ0v) is 15.1. The van der Waals surface area contributed by atoms with Gasteiger partial charge in [-0.2, -0.15) is 0 Å². The number of hydrogen-bond donors (Lipinski definition) is 0. The summed E-state index contributed by atoms with van der Waals surface area (Å²) in [4.78, 5) is 36.7. The van der Waals surface area contributed by atoms with Crippen LogP contribution in [0.5, 0.6) is 0 Å². The van der Waals surface area contributed by atoms with Gasteiger partial charge in [0, 0.05) is 24.7 Å². The Morgan fingerprint density at radius 1 is 1.23 bits per heavy atom. The van der Waals surface area contributed by atoms with Crippen LogP contribution in [0.1, 0.15) is 48.9 Å². The van der Waals surface area contributed by atoms with Crippen molar-refractivity contribution in [2.45, 2.75) is 44.6 Å². The van der Waals surface area contributed by atoms with Gasteiger partial charge in [0.1, 0.15) is 0 Å². The number of rotatable bonds is 4. The van der Waals surface area contributed by atoms with Gasteiger partial charge in [0.25, 0.3) is 11.6 Å². The van der Waals surface area contributed by atoms with E-state index in [1.54, 1.807) is 0 Å². The molecule has 0 radical (unpaired) electrons. The molecule has 1 heterocycles. The van der Waals surface area contributed by atoms with E-state index in [4.69, 9.17) is 16.3 Å². The molecule has 0 spiro atoms. The molecule has 0 N–H and O–H groups in total. The number of nitro groups is 1. The number of nitrogens with zero attached hydrogens (tertiary/aromatic N) is 2. The van der Waals surface area contributed by atoms with Gasteiger partial charge >= 0.3 is 5.97 Å². The second-order valence-electron chi connectivity index (χ2n) is 6.84. The SMILES string of the molecule is O=C(OCC(=O)N1CCC[C@H]2CCCC[C@@H]21)c1ccc([N+](=O)[O-])cc1Cl. The van der Waals surface area contributed by atoms with Crippen LogP contribution in [-0.2, 0) is 9.53 Å². The topological polar surface area (TPSA) is 89.8 Å². The van der Waals surface area contributed by atoms with Crippen LogP contribution in [-0.4, -0.2) is 40.9 Å². The summed E-state index contributed by atoms with van der Waals surface area (Å²) in [6.07, 6.45) is 6.66. The minimum Gasteiger partial charge on any atom is -0.452 e. The van der Waals surface area contributed by atoms with Gasteiger partial charge in [-0.1, -0.05) is 24.4 Å². The third-order valence-corrected chi connectivity index (χ3v) is 5.59. The molecule has 0 aromatic heterocycles. The van der Waals surface area contributed by atoms with E-state index in [0.29, 0.717) is 12.5 Å². The Morgan fingerprint density at radius 2 is 1.96 bits per heavy atom. The smallest absolute Gasteiger partial charge is 0.340 e. The predicted molar refractivity (Wildman–Crippen MR) is 95.1 cm³/mol. The Labute approximate surface area is 156 Å². The van der Waals surface area contributed by atoms with Crippen LogP contribution in [0.25, 0.3) is 0 Å². The summed E-state index contributed by atoms with van der Waals surface area (Å²) in [5, 5.41) is 10.7. The standard InChI is InChI=1S/C18H21ClN2O5/c19-15-10-13(21(24)25)7-8-14(15)18(23)26-11-17(22)20-9-3-5-12-4-1-2-6-16(12)20/h7-8,10,12,16H,1-6,9,11H2/t12-,16+/m1/s1. The number of esters is 1. The van der Waals surface area contributed by atoms with Crippen molar-refractivity contribution in [2.24, 2.45) is 5.92 Å². The molecule has 1 amide bonds. The molecule has 26 heavy (non-hydrogen) atoms. The average Bonchev–Trinajstić information content (AvgIpc) is 2.65. The molecule has 1 aromatic carbocycles. The normalized spacial score (nSPS) is 22.4. The van der Waals surface area contributed by atoms with E-state index in [-0.39, 0.29) is 34.8 Å². The lowest BCUT2D eigenvalue weighted by Gasteiger charge is -2.44. The molecule has 2 aliphatic rings. The zero-order valence-electron chi connectivity index (χ0n) is 14.4. The van der Waals surface area contributed by atoms with Crippen LogP contribution >= 0.6 is 11.6 Å². The first-order chi connectivity index (χ1) is 12.5. The Kier molecular flexibility index (Phi) is 5.76. The van der Waals surface area contributed by atoms with Gasteiger partial charge in [0.15, 0.2) is 6.61 Å². The van der Waals surface area contributed by atoms with E-state index >= 15 is 0 Å². The van der Waals surface area contributed by atoms with Crippen LogP contribution in [0.2, 0.25) is 5.02 Å². The summed E-state index contributed by atoms with van der Waals surface area (Å²) >= 11 is 5.92. The number of amides is 1. The highest BCUT2D eigenvalue weighted by Gasteiger charge is 2.35. The first-order valence-corrected chi connectivity index (χ1v) is 9.25. The fourth-order valence-electron chi connectivity index (χ4n) is 4.01. The third kappa shape index (κ3) is 3.98. The van der Waals surface area contributed by atoms with E-state index in [1.807, 2.05) is 4.90 Å². The van der Waals surface area contributed by atoms with Gasteiger partial charge in [-0.05, 0) is 37.7 Å². The number of fused-ring (bicyclic) bond motifs is 1. The number of carbonyl (C=O) groups excluding carboxylic acids is 2. The Morgan fingerprint density at radius 3 is 2.69 bits per heavy atom. The second kappa shape index (κ2) is 8.03. The molecule has 2 atom stereocenters. The van der Waals surface area contributed by atoms with Crippen molar-refractivity contribution in [1.29, 1.82) is 0 Å². The summed E-state index contributed by atoms with van der Waals surface area (Å²) in [7, 11) is 0. The highest BCUT2D eigenvalue weighted by Crippen LogP contribution is 2.35. The first-order valence-electron chi connectivity index (χ1n) is 8.88. The number of likely N-dealkylation sites (tertiary alicyclic amines) is 1. The molecule has 8 heteroatoms. The molecule has 1 aliphatic heterocycles. The largest absolute Gasteiger partial charge is 0.452 e. The Hall–Kier alpha value is -2.15. The number of benzene rings is 1. The Bertz CT molecular complexity index is 722. The maximum absolute atomic E-state index is 12.5. The van der Waals surface area contributed by atoms with Gasteiger partial charge in [-0.3, -0.25) is 14.9 Å². The van der Waals surface area contributed by atoms with E-state index < -0.39 is 10.9 Å². The molecular weight excluding hydrogens is 360 g/mol. The van der Waals surface area contributed by atoms with Gasteiger partial charge in [0.2, 0.25) is 0 Å². The van der Waals surface area contributed by atoms with Crippen molar-refractivity contribution in [2.75, 3.05) is 13.2 Å². The van der Waals surface area contributed by atoms with Crippen molar-refractivity contribution >= 4 is 29.2 Å². The number of ether oxygens (including phenoxy) is 1. The minimum atomic E-state index is -0.754. The fourth-order valence-corrected chi connectivity index (χ4v) is 4.26. The molecule has 140 valence electrons. The van der Waals surface area contributed by atoms with Crippen LogP contribution in [0.4, 0.5) is 5.69 Å². The number of non-ortho nitro benzene ring substituents is 1. The van der Waals surface area contributed by atoms with Crippen molar-refractivity contribution in [3.05, 3.63) is 38.9 Å². The van der Waals surface area contributed by atoms with E-state index in [1.165, 1.54) is 18.6 Å². The van der Waals surface area contributed by atoms with E-state index in [2.05, 4.69) is 0 Å². The molecule has 3 rings (SSSR count). The van der Waals surface area contributed by atoms with Crippen molar-refractivity contribution in [1.82, 2.24) is 4.90 Å². The van der Waals surface area contributed by atoms with Crippen LogP contribution < -0.4 is 0 Å². The van der Waals surface area contributed by atoms with Gasteiger partial charge in [0.05, 0.1) is 15.5 Å². The molecule has 1 aliphatic carbocycles. The van der Waals surface area contributed by atoms with Crippen molar-refractivity contribution in [3.63, 3.8) is 0 Å². The van der Waals surface area contributed by atoms with Crippen LogP contribution in [0, 0.1) is 16.0 Å². The van der Waals surface area contributed by atoms with Gasteiger partial charge < -0.3 is 9.64 Å². The molecule has 1 saturated carbocycles. The number of carbonyl (C=O) groups is 2. The third-order valence-electron chi connectivity index (χ3n) is 5.27. The highest BCUT2D eigenvalue weighted by atomic mass is 35.5. The van der Waals surface area contributed by atoms with Crippen molar-refractivity contribution < 1.29 is 19.2 Å². The lowest BCUT2D eigenvalue weighted by molar-refractivity contribution is -0.384. The number of hydrogen-bond acceptors (Lipinski definition) is 5. The number of piperidine rings is 1. The zero-order chi connectivity index (χ0) is 18.7. The Balaban J connectivity index is 1.60. The summed E-state index contributed by atoms with van der Waals surface area (Å²) in [5.74, 6) is -0.385. The van der Waals surface area contributed by atoms with Crippen molar-refractivity contribution in [3.8, 4) is 0 Å². The summed E-state index contributed by atoms with van der Waals surface area (Å²) < 4.78 is 5.12. The minimum absolute atomic E-state index is 0.0132. The predicted octanol–water partition coefficient (Wildman–Crippen LogP) is 3.59. The van der Waals surface area contributed by atoms with Gasteiger partial charge in [-0.15, -0.1) is 0 Å². The van der Waals surface area contributed by atoms with Crippen LogP contribution in [0.3, 0.4) is 0 Å². The second-order valence-corrected chi connectivity index (χ2v) is 7.25. The lowest BCUT2D eigenvalue weighted by Crippen LogP contribution is -2.50. The summed E-state index contributed by atoms with van der Waals surface area (Å²) in [5.41, 5.74) is -0.196. The lowest BCUT2D eigenvalue weighted by atomic mass is 9.78. The van der Waals surface area contributed by atoms with E-state index in [9.17, 15) is 19.7 Å². The highest BCUT2D eigenvalue weighted by molar-refractivity contribution is 6.33. The molecular formula is C18H21ClN2O5. The number of nitro benzene ring substituents is 1. The maximum Gasteiger partial charge on any atom is 0.340 e. The average molecular weight is 381 g/mol. The molecule has 1 saturated heterocycles. The molecule has 2 fully saturated rings. The summed E-state index contributed by atoms with van der Waals surface area (Å²) in [6, 6.07) is 3.77. The molecule has 0 unspecified atom stereocenters. The molecule has 0 bridgehead atoms. The fraction of sp³-hybridized carbons (Fsp3) is 0.556. The number of halogens is 1. The maximum atomic E-state index is 12.5. The van der Waals surface area contributed by atoms with Gasteiger partial charge in [-0.25, -0.2) is 4.79 Å². The quantitative estimate of drug-likeness (QED) is 0.452. The molecule has 7 nitrogen and oxygen atoms in total. The molecule has 1 aromatic rings.